The number of benzene rings is 3. The van der Waals surface area contributed by atoms with Crippen LogP contribution in [0.2, 0.25) is 0 Å². The predicted octanol–water partition coefficient (Wildman–Crippen LogP) is 3.87. The van der Waals surface area contributed by atoms with Crippen molar-refractivity contribution in [3.63, 3.8) is 0 Å². The van der Waals surface area contributed by atoms with E-state index in [0.29, 0.717) is 53.6 Å². The topological polar surface area (TPSA) is 123 Å². The highest BCUT2D eigenvalue weighted by Crippen LogP contribution is 2.27. The van der Waals surface area contributed by atoms with Crippen LogP contribution < -0.4 is 29.1 Å². The van der Waals surface area contributed by atoms with Crippen molar-refractivity contribution in [2.75, 3.05) is 43.7 Å². The zero-order valence-electron chi connectivity index (χ0n) is 23.3. The van der Waals surface area contributed by atoms with E-state index in [4.69, 9.17) is 14.2 Å². The molecular weight excluding hydrogens is 534 g/mol. The van der Waals surface area contributed by atoms with Gasteiger partial charge in [-0.2, -0.15) is 0 Å². The van der Waals surface area contributed by atoms with E-state index in [1.165, 1.54) is 7.05 Å². The van der Waals surface area contributed by atoms with Crippen molar-refractivity contribution in [1.82, 2.24) is 5.32 Å². The van der Waals surface area contributed by atoms with Crippen LogP contribution in [0.1, 0.15) is 29.3 Å². The SMILES string of the molecule is CC[C@@H](Oc1ccc(N(C)S(C)(=O)=O)cc1)C(=O)Nc1ccccc1C(=O)NCCc1ccc(OC)c(OC)c1. The maximum atomic E-state index is 13.1. The van der Waals surface area contributed by atoms with Gasteiger partial charge in [-0.1, -0.05) is 25.1 Å². The van der Waals surface area contributed by atoms with Gasteiger partial charge in [0.25, 0.3) is 11.8 Å². The molecule has 0 aliphatic carbocycles. The molecule has 1 atom stereocenters. The quantitative estimate of drug-likeness (QED) is 0.320. The Morgan fingerprint density at radius 1 is 0.950 bits per heavy atom. The molecule has 40 heavy (non-hydrogen) atoms. The molecule has 214 valence electrons. The van der Waals surface area contributed by atoms with E-state index in [1.807, 2.05) is 25.1 Å². The normalized spacial score (nSPS) is 11.7. The van der Waals surface area contributed by atoms with Gasteiger partial charge in [-0.25, -0.2) is 8.42 Å². The van der Waals surface area contributed by atoms with Crippen LogP contribution in [0.25, 0.3) is 0 Å². The van der Waals surface area contributed by atoms with Gasteiger partial charge in [0.2, 0.25) is 10.0 Å². The molecule has 0 saturated heterocycles. The second-order valence-electron chi connectivity index (χ2n) is 8.97. The number of hydrogen-bond acceptors (Lipinski definition) is 7. The first kappa shape index (κ1) is 30.3. The summed E-state index contributed by atoms with van der Waals surface area (Å²) in [6, 6.07) is 18.7. The number of anilines is 2. The summed E-state index contributed by atoms with van der Waals surface area (Å²) in [4.78, 5) is 26.0. The lowest BCUT2D eigenvalue weighted by atomic mass is 10.1. The number of para-hydroxylation sites is 1. The van der Waals surface area contributed by atoms with Gasteiger partial charge >= 0.3 is 0 Å². The van der Waals surface area contributed by atoms with Crippen LogP contribution in [0.3, 0.4) is 0 Å². The van der Waals surface area contributed by atoms with Crippen molar-refractivity contribution in [2.45, 2.75) is 25.9 Å². The number of nitrogens with one attached hydrogen (secondary N) is 2. The molecule has 0 saturated carbocycles. The number of methoxy groups -OCH3 is 2. The first-order valence-electron chi connectivity index (χ1n) is 12.7. The van der Waals surface area contributed by atoms with Crippen molar-refractivity contribution < 1.29 is 32.2 Å². The van der Waals surface area contributed by atoms with Gasteiger partial charge in [0, 0.05) is 13.6 Å². The van der Waals surface area contributed by atoms with Gasteiger partial charge in [-0.15, -0.1) is 0 Å². The third kappa shape index (κ3) is 7.89. The maximum absolute atomic E-state index is 13.1. The smallest absolute Gasteiger partial charge is 0.265 e. The summed E-state index contributed by atoms with van der Waals surface area (Å²) >= 11 is 0. The summed E-state index contributed by atoms with van der Waals surface area (Å²) in [7, 11) is 1.20. The van der Waals surface area contributed by atoms with Gasteiger partial charge in [0.15, 0.2) is 17.6 Å². The number of rotatable bonds is 13. The average Bonchev–Trinajstić information content (AvgIpc) is 2.95. The Hall–Kier alpha value is -4.25. The molecule has 3 aromatic rings. The van der Waals surface area contributed by atoms with Gasteiger partial charge < -0.3 is 24.8 Å². The number of amides is 2. The number of ether oxygens (including phenoxy) is 3. The highest BCUT2D eigenvalue weighted by molar-refractivity contribution is 7.92. The number of hydrogen-bond donors (Lipinski definition) is 2. The van der Waals surface area contributed by atoms with E-state index < -0.39 is 22.0 Å². The summed E-state index contributed by atoms with van der Waals surface area (Å²) in [5, 5.41) is 5.70. The summed E-state index contributed by atoms with van der Waals surface area (Å²) in [6.45, 7) is 2.19. The van der Waals surface area contributed by atoms with E-state index >= 15 is 0 Å². The van der Waals surface area contributed by atoms with E-state index in [2.05, 4.69) is 10.6 Å². The van der Waals surface area contributed by atoms with Crippen LogP contribution in [0.5, 0.6) is 17.2 Å². The number of sulfonamides is 1. The Labute approximate surface area is 235 Å². The van der Waals surface area contributed by atoms with Crippen LogP contribution in [0, 0.1) is 0 Å². The monoisotopic (exact) mass is 569 g/mol. The first-order valence-corrected chi connectivity index (χ1v) is 14.5. The number of carbonyl (C=O) groups excluding carboxylic acids is 2. The minimum atomic E-state index is -3.40. The molecule has 0 aliphatic heterocycles. The molecule has 2 N–H and O–H groups in total. The Kier molecular flexibility index (Phi) is 10.4. The lowest BCUT2D eigenvalue weighted by Gasteiger charge is -2.20. The molecule has 0 bridgehead atoms. The first-order chi connectivity index (χ1) is 19.1. The Balaban J connectivity index is 1.62. The summed E-state index contributed by atoms with van der Waals surface area (Å²) in [6.07, 6.45) is 1.23. The molecule has 11 heteroatoms. The molecule has 3 rings (SSSR count). The molecule has 0 fully saturated rings. The van der Waals surface area contributed by atoms with Gasteiger partial charge in [0.05, 0.1) is 37.4 Å². The number of carbonyl (C=O) groups is 2. The molecule has 0 unspecified atom stereocenters. The number of nitrogens with zero attached hydrogens (tertiary/aromatic N) is 1. The fraction of sp³-hybridized carbons (Fsp3) is 0.310. The maximum Gasteiger partial charge on any atom is 0.265 e. The average molecular weight is 570 g/mol. The van der Waals surface area contributed by atoms with E-state index in [-0.39, 0.29) is 5.91 Å². The van der Waals surface area contributed by atoms with Crippen molar-refractivity contribution >= 4 is 33.2 Å². The highest BCUT2D eigenvalue weighted by atomic mass is 32.2. The van der Waals surface area contributed by atoms with Gasteiger partial charge in [-0.3, -0.25) is 13.9 Å². The Morgan fingerprint density at radius 3 is 2.25 bits per heavy atom. The molecule has 2 amide bonds. The lowest BCUT2D eigenvalue weighted by Crippen LogP contribution is -2.33. The van der Waals surface area contributed by atoms with Crippen LogP contribution >= 0.6 is 0 Å². The largest absolute Gasteiger partial charge is 0.493 e. The molecule has 0 aliphatic rings. The molecule has 0 aromatic heterocycles. The lowest BCUT2D eigenvalue weighted by molar-refractivity contribution is -0.122. The third-order valence-corrected chi connectivity index (χ3v) is 7.42. The summed E-state index contributed by atoms with van der Waals surface area (Å²) < 4.78 is 41.1. The third-order valence-electron chi connectivity index (χ3n) is 6.22. The summed E-state index contributed by atoms with van der Waals surface area (Å²) in [5.41, 5.74) is 2.13. The summed E-state index contributed by atoms with van der Waals surface area (Å²) in [5.74, 6) is 0.922. The molecular formula is C29H35N3O7S. The molecule has 0 spiro atoms. The molecule has 0 radical (unpaired) electrons. The van der Waals surface area contributed by atoms with Crippen LogP contribution in [-0.4, -0.2) is 60.4 Å². The molecule has 10 nitrogen and oxygen atoms in total. The predicted molar refractivity (Wildman–Crippen MR) is 155 cm³/mol. The minimum Gasteiger partial charge on any atom is -0.493 e. The zero-order chi connectivity index (χ0) is 29.3. The Bertz CT molecular complexity index is 1430. The zero-order valence-corrected chi connectivity index (χ0v) is 24.1. The van der Waals surface area contributed by atoms with Gasteiger partial charge in [-0.05, 0) is 66.9 Å². The van der Waals surface area contributed by atoms with Crippen molar-refractivity contribution in [3.05, 3.63) is 77.9 Å². The van der Waals surface area contributed by atoms with Crippen LogP contribution in [-0.2, 0) is 21.2 Å². The highest BCUT2D eigenvalue weighted by Gasteiger charge is 2.21. The fourth-order valence-electron chi connectivity index (χ4n) is 3.87. The fourth-order valence-corrected chi connectivity index (χ4v) is 4.37. The van der Waals surface area contributed by atoms with E-state index in [0.717, 1.165) is 16.1 Å². The van der Waals surface area contributed by atoms with Crippen LogP contribution in [0.4, 0.5) is 11.4 Å². The minimum absolute atomic E-state index is 0.323. The van der Waals surface area contributed by atoms with Gasteiger partial charge in [0.1, 0.15) is 5.75 Å². The molecule has 3 aromatic carbocycles. The standard InChI is InChI=1S/C29H35N3O7S/c1-6-25(39-22-14-12-21(13-15-22)32(2)40(5,35)36)29(34)31-24-10-8-7-9-23(24)28(33)30-18-17-20-11-16-26(37-3)27(19-20)38-4/h7-16,19,25H,6,17-18H2,1-5H3,(H,30,33)(H,31,34)/t25-/m1/s1. The van der Waals surface area contributed by atoms with Crippen molar-refractivity contribution in [2.24, 2.45) is 0 Å². The van der Waals surface area contributed by atoms with E-state index in [9.17, 15) is 18.0 Å². The van der Waals surface area contributed by atoms with Crippen molar-refractivity contribution in [1.29, 1.82) is 0 Å². The molecule has 0 heterocycles. The Morgan fingerprint density at radius 2 is 1.62 bits per heavy atom. The van der Waals surface area contributed by atoms with Crippen molar-refractivity contribution in [3.8, 4) is 17.2 Å². The van der Waals surface area contributed by atoms with E-state index in [1.54, 1.807) is 62.8 Å². The van der Waals surface area contributed by atoms with Crippen LogP contribution in [0.15, 0.2) is 66.7 Å². The second-order valence-corrected chi connectivity index (χ2v) is 11.0. The second kappa shape index (κ2) is 13.7.